The minimum atomic E-state index is -0.655. The van der Waals surface area contributed by atoms with E-state index in [9.17, 15) is 9.59 Å². The van der Waals surface area contributed by atoms with E-state index in [4.69, 9.17) is 0 Å². The third-order valence-corrected chi connectivity index (χ3v) is 2.22. The van der Waals surface area contributed by atoms with Crippen LogP contribution in [0, 0.1) is 0 Å². The average molecular weight is 254 g/mol. The van der Waals surface area contributed by atoms with Gasteiger partial charge in [-0.1, -0.05) is 26.2 Å². The van der Waals surface area contributed by atoms with Crippen molar-refractivity contribution in [1.29, 1.82) is 0 Å². The Hall–Kier alpha value is -1.56. The van der Waals surface area contributed by atoms with Crippen molar-refractivity contribution in [3.8, 4) is 0 Å². The second-order valence-electron chi connectivity index (χ2n) is 2.58. The van der Waals surface area contributed by atoms with E-state index in [1.54, 1.807) is 24.3 Å². The lowest BCUT2D eigenvalue weighted by Gasteiger charge is -2.09. The lowest BCUT2D eigenvalue weighted by atomic mass is 10.3. The van der Waals surface area contributed by atoms with Crippen molar-refractivity contribution in [2.24, 2.45) is 10.2 Å². The summed E-state index contributed by atoms with van der Waals surface area (Å²) in [6.07, 6.45) is 0. The first-order valence-electron chi connectivity index (χ1n) is 3.74. The summed E-state index contributed by atoms with van der Waals surface area (Å²) in [6.45, 7) is 0. The van der Waals surface area contributed by atoms with Crippen LogP contribution >= 0.6 is 15.9 Å². The molecule has 70 valence electrons. The number of anilines is 1. The third-order valence-electron chi connectivity index (χ3n) is 1.69. The predicted molar refractivity (Wildman–Crippen MR) is 52.3 cm³/mol. The molecular formula is C8H4BrN3O2. The minimum Gasteiger partial charge on any atom is -0.243 e. The quantitative estimate of drug-likeness (QED) is 0.773. The molecule has 0 spiro atoms. The SMILES string of the molecule is O=C1N=NC(=O)N1c1ccc(Br)cc1. The molecular weight excluding hydrogens is 250 g/mol. The third kappa shape index (κ3) is 1.44. The normalized spacial score (nSPS) is 15.4. The molecule has 4 amide bonds. The van der Waals surface area contributed by atoms with Crippen molar-refractivity contribution in [2.75, 3.05) is 4.90 Å². The van der Waals surface area contributed by atoms with Crippen LogP contribution in [-0.4, -0.2) is 12.1 Å². The Kier molecular flexibility index (Phi) is 2.12. The Morgan fingerprint density at radius 1 is 1.00 bits per heavy atom. The number of azo groups is 1. The molecule has 0 saturated carbocycles. The fourth-order valence-corrected chi connectivity index (χ4v) is 1.33. The molecule has 0 aromatic heterocycles. The summed E-state index contributed by atoms with van der Waals surface area (Å²) in [7, 11) is 0. The summed E-state index contributed by atoms with van der Waals surface area (Å²) in [5, 5.41) is 6.30. The van der Waals surface area contributed by atoms with Crippen molar-refractivity contribution in [3.63, 3.8) is 0 Å². The molecule has 2 rings (SSSR count). The molecule has 0 N–H and O–H groups in total. The van der Waals surface area contributed by atoms with E-state index in [0.29, 0.717) is 5.69 Å². The summed E-state index contributed by atoms with van der Waals surface area (Å²) >= 11 is 3.25. The Morgan fingerprint density at radius 2 is 1.50 bits per heavy atom. The van der Waals surface area contributed by atoms with Crippen LogP contribution < -0.4 is 4.90 Å². The number of amides is 4. The Bertz CT molecular complexity index is 409. The maximum absolute atomic E-state index is 11.1. The molecule has 1 heterocycles. The second-order valence-corrected chi connectivity index (χ2v) is 3.49. The van der Waals surface area contributed by atoms with Crippen LogP contribution in [-0.2, 0) is 0 Å². The fraction of sp³-hybridized carbons (Fsp3) is 0. The topological polar surface area (TPSA) is 62.1 Å². The summed E-state index contributed by atoms with van der Waals surface area (Å²) in [5.41, 5.74) is 0.466. The maximum Gasteiger partial charge on any atom is 0.375 e. The van der Waals surface area contributed by atoms with Gasteiger partial charge in [-0.25, -0.2) is 14.5 Å². The summed E-state index contributed by atoms with van der Waals surface area (Å²) in [6, 6.07) is 5.42. The van der Waals surface area contributed by atoms with Crippen molar-refractivity contribution in [1.82, 2.24) is 0 Å². The molecule has 0 unspecified atom stereocenters. The van der Waals surface area contributed by atoms with E-state index in [2.05, 4.69) is 26.2 Å². The van der Waals surface area contributed by atoms with Crippen molar-refractivity contribution < 1.29 is 9.59 Å². The zero-order valence-corrected chi connectivity index (χ0v) is 8.43. The lowest BCUT2D eigenvalue weighted by molar-refractivity contribution is 0.249. The standard InChI is InChI=1S/C8H4BrN3O2/c9-5-1-3-6(4-2-5)12-7(13)10-11-8(12)14/h1-4H. The first-order chi connectivity index (χ1) is 6.68. The van der Waals surface area contributed by atoms with Crippen LogP contribution in [0.4, 0.5) is 15.3 Å². The molecule has 0 fully saturated rings. The number of imide groups is 1. The Labute approximate surface area is 87.6 Å². The summed E-state index contributed by atoms with van der Waals surface area (Å²) < 4.78 is 0.870. The van der Waals surface area contributed by atoms with Crippen molar-refractivity contribution >= 4 is 33.7 Å². The van der Waals surface area contributed by atoms with Crippen LogP contribution in [0.1, 0.15) is 0 Å². The Balaban J connectivity index is 2.36. The first-order valence-corrected chi connectivity index (χ1v) is 4.53. The van der Waals surface area contributed by atoms with Crippen LogP contribution in [0.5, 0.6) is 0 Å². The predicted octanol–water partition coefficient (Wildman–Crippen LogP) is 2.96. The van der Waals surface area contributed by atoms with E-state index in [1.807, 2.05) is 0 Å². The lowest BCUT2D eigenvalue weighted by Crippen LogP contribution is -2.27. The van der Waals surface area contributed by atoms with Gasteiger partial charge in [-0.05, 0) is 24.3 Å². The molecule has 0 atom stereocenters. The zero-order chi connectivity index (χ0) is 10.1. The number of benzene rings is 1. The number of nitrogens with zero attached hydrogens (tertiary/aromatic N) is 3. The number of hydrogen-bond donors (Lipinski definition) is 0. The van der Waals surface area contributed by atoms with Crippen molar-refractivity contribution in [3.05, 3.63) is 28.7 Å². The maximum atomic E-state index is 11.1. The smallest absolute Gasteiger partial charge is 0.243 e. The van der Waals surface area contributed by atoms with Gasteiger partial charge in [0.25, 0.3) is 0 Å². The Morgan fingerprint density at radius 3 is 2.00 bits per heavy atom. The van der Waals surface area contributed by atoms with E-state index >= 15 is 0 Å². The van der Waals surface area contributed by atoms with Crippen LogP contribution in [0.3, 0.4) is 0 Å². The molecule has 0 bridgehead atoms. The molecule has 1 aliphatic heterocycles. The molecule has 1 aromatic rings. The number of carbonyl (C=O) groups is 2. The number of halogens is 1. The van der Waals surface area contributed by atoms with Crippen LogP contribution in [0.15, 0.2) is 39.0 Å². The highest BCUT2D eigenvalue weighted by molar-refractivity contribution is 9.10. The van der Waals surface area contributed by atoms with Crippen LogP contribution in [0.2, 0.25) is 0 Å². The number of carbonyl (C=O) groups excluding carboxylic acids is 2. The van der Waals surface area contributed by atoms with Gasteiger partial charge < -0.3 is 0 Å². The van der Waals surface area contributed by atoms with Crippen molar-refractivity contribution in [2.45, 2.75) is 0 Å². The van der Waals surface area contributed by atoms with Gasteiger partial charge in [-0.15, -0.1) is 0 Å². The van der Waals surface area contributed by atoms with E-state index in [1.165, 1.54) is 0 Å². The monoisotopic (exact) mass is 253 g/mol. The highest BCUT2D eigenvalue weighted by Crippen LogP contribution is 2.22. The summed E-state index contributed by atoms with van der Waals surface area (Å²) in [5.74, 6) is 0. The number of urea groups is 2. The van der Waals surface area contributed by atoms with Gasteiger partial charge in [0.1, 0.15) is 0 Å². The van der Waals surface area contributed by atoms with Gasteiger partial charge in [0.15, 0.2) is 0 Å². The van der Waals surface area contributed by atoms with E-state index in [-0.39, 0.29) is 0 Å². The summed E-state index contributed by atoms with van der Waals surface area (Å²) in [4.78, 5) is 23.1. The molecule has 0 radical (unpaired) electrons. The molecule has 1 aliphatic rings. The van der Waals surface area contributed by atoms with E-state index < -0.39 is 12.1 Å². The molecule has 6 heteroatoms. The fourth-order valence-electron chi connectivity index (χ4n) is 1.07. The highest BCUT2D eigenvalue weighted by Gasteiger charge is 2.28. The van der Waals surface area contributed by atoms with Gasteiger partial charge in [0.2, 0.25) is 0 Å². The number of hydrogen-bond acceptors (Lipinski definition) is 2. The van der Waals surface area contributed by atoms with Gasteiger partial charge in [0.05, 0.1) is 5.69 Å². The molecule has 1 aromatic carbocycles. The van der Waals surface area contributed by atoms with E-state index in [0.717, 1.165) is 9.37 Å². The van der Waals surface area contributed by atoms with Gasteiger partial charge in [-0.2, -0.15) is 0 Å². The first kappa shape index (κ1) is 9.01. The highest BCUT2D eigenvalue weighted by atomic mass is 79.9. The zero-order valence-electron chi connectivity index (χ0n) is 6.85. The van der Waals surface area contributed by atoms with Gasteiger partial charge in [-0.3, -0.25) is 0 Å². The molecule has 14 heavy (non-hydrogen) atoms. The molecule has 5 nitrogen and oxygen atoms in total. The number of rotatable bonds is 1. The largest absolute Gasteiger partial charge is 0.375 e. The molecule has 0 saturated heterocycles. The second kappa shape index (κ2) is 3.30. The van der Waals surface area contributed by atoms with Gasteiger partial charge in [0, 0.05) is 4.47 Å². The minimum absolute atomic E-state index is 0.466. The van der Waals surface area contributed by atoms with Crippen LogP contribution in [0.25, 0.3) is 0 Å². The molecule has 0 aliphatic carbocycles. The average Bonchev–Trinajstić information content (AvgIpc) is 2.49. The van der Waals surface area contributed by atoms with Gasteiger partial charge >= 0.3 is 12.1 Å².